The summed E-state index contributed by atoms with van der Waals surface area (Å²) in [6.07, 6.45) is 1.33. The van der Waals surface area contributed by atoms with Crippen LogP contribution in [0.4, 0.5) is 0 Å². The van der Waals surface area contributed by atoms with E-state index in [4.69, 9.17) is 26.6 Å². The van der Waals surface area contributed by atoms with Gasteiger partial charge in [-0.3, -0.25) is 14.6 Å². The minimum atomic E-state index is -1.17. The number of carboxylic acids is 2. The van der Waals surface area contributed by atoms with Gasteiger partial charge in [0, 0.05) is 0 Å². The number of hydrogen-bond donors (Lipinski definition) is 2. The zero-order valence-electron chi connectivity index (χ0n) is 12.2. The van der Waals surface area contributed by atoms with Gasteiger partial charge in [0.15, 0.2) is 0 Å². The van der Waals surface area contributed by atoms with Crippen molar-refractivity contribution >= 4 is 29.8 Å². The van der Waals surface area contributed by atoms with Gasteiger partial charge in [-0.1, -0.05) is 11.6 Å². The monoisotopic (exact) mass is 328 g/mol. The summed E-state index contributed by atoms with van der Waals surface area (Å²) in [5.41, 5.74) is 0.599. The van der Waals surface area contributed by atoms with Crippen LogP contribution in [0.5, 0.6) is 5.75 Å². The predicted molar refractivity (Wildman–Crippen MR) is 81.7 cm³/mol. The van der Waals surface area contributed by atoms with Crippen LogP contribution in [0, 0.1) is 0 Å². The number of rotatable bonds is 8. The number of hydrogen-bond acceptors (Lipinski definition) is 5. The van der Waals surface area contributed by atoms with Crippen LogP contribution in [0.25, 0.3) is 0 Å². The number of halogens is 1. The first-order valence-corrected chi connectivity index (χ1v) is 6.84. The Kier molecular flexibility index (Phi) is 6.65. The molecule has 22 heavy (non-hydrogen) atoms. The SMILES string of the molecule is CC(C)Oc1ccc(/C=N\N(CC(=O)O)CC(=O)O)cc1Cl. The van der Waals surface area contributed by atoms with Crippen molar-refractivity contribution in [1.29, 1.82) is 0 Å². The molecule has 1 aromatic carbocycles. The molecule has 0 saturated heterocycles. The molecule has 0 bridgehead atoms. The van der Waals surface area contributed by atoms with E-state index in [1.165, 1.54) is 6.21 Å². The third-order valence-corrected chi connectivity index (χ3v) is 2.62. The highest BCUT2D eigenvalue weighted by molar-refractivity contribution is 6.32. The number of carboxylic acid groups (broad SMARTS) is 2. The van der Waals surface area contributed by atoms with E-state index in [-0.39, 0.29) is 6.10 Å². The third-order valence-electron chi connectivity index (χ3n) is 2.32. The van der Waals surface area contributed by atoms with Crippen molar-refractivity contribution in [2.45, 2.75) is 20.0 Å². The Morgan fingerprint density at radius 2 is 1.91 bits per heavy atom. The Morgan fingerprint density at radius 1 is 1.32 bits per heavy atom. The van der Waals surface area contributed by atoms with Gasteiger partial charge in [-0.05, 0) is 37.6 Å². The zero-order valence-corrected chi connectivity index (χ0v) is 12.9. The van der Waals surface area contributed by atoms with E-state index in [1.807, 2.05) is 13.8 Å². The fourth-order valence-electron chi connectivity index (χ4n) is 1.55. The molecule has 0 aliphatic heterocycles. The summed E-state index contributed by atoms with van der Waals surface area (Å²) < 4.78 is 5.49. The topological polar surface area (TPSA) is 99.4 Å². The van der Waals surface area contributed by atoms with Gasteiger partial charge in [-0.2, -0.15) is 5.10 Å². The number of aliphatic carboxylic acids is 2. The summed E-state index contributed by atoms with van der Waals surface area (Å²) >= 11 is 6.07. The first-order valence-electron chi connectivity index (χ1n) is 6.46. The predicted octanol–water partition coefficient (Wildman–Crippen LogP) is 1.93. The van der Waals surface area contributed by atoms with Crippen molar-refractivity contribution < 1.29 is 24.5 Å². The Hall–Kier alpha value is -2.28. The maximum absolute atomic E-state index is 10.7. The molecule has 0 saturated carbocycles. The number of benzene rings is 1. The highest BCUT2D eigenvalue weighted by Crippen LogP contribution is 2.25. The van der Waals surface area contributed by atoms with Crippen LogP contribution >= 0.6 is 11.6 Å². The van der Waals surface area contributed by atoms with E-state index in [2.05, 4.69) is 5.10 Å². The summed E-state index contributed by atoms with van der Waals surface area (Å²) in [4.78, 5) is 21.3. The molecule has 0 amide bonds. The number of carbonyl (C=O) groups is 2. The molecule has 8 heteroatoms. The Balaban J connectivity index is 2.84. The molecule has 0 spiro atoms. The van der Waals surface area contributed by atoms with Gasteiger partial charge >= 0.3 is 11.9 Å². The van der Waals surface area contributed by atoms with Crippen LogP contribution < -0.4 is 4.74 Å². The molecule has 0 radical (unpaired) electrons. The maximum atomic E-state index is 10.7. The molecule has 0 unspecified atom stereocenters. The number of hydrazone groups is 1. The van der Waals surface area contributed by atoms with Crippen molar-refractivity contribution in [3.8, 4) is 5.75 Å². The van der Waals surface area contributed by atoms with E-state index in [0.717, 1.165) is 5.01 Å². The van der Waals surface area contributed by atoms with Crippen molar-refractivity contribution in [3.05, 3.63) is 28.8 Å². The number of ether oxygens (including phenoxy) is 1. The lowest BCUT2D eigenvalue weighted by atomic mass is 10.2. The normalized spacial score (nSPS) is 10.9. The van der Waals surface area contributed by atoms with Gasteiger partial charge in [0.05, 0.1) is 17.3 Å². The molecule has 1 aromatic rings. The molecule has 120 valence electrons. The molecule has 1 rings (SSSR count). The van der Waals surface area contributed by atoms with Crippen molar-refractivity contribution in [1.82, 2.24) is 5.01 Å². The molecular weight excluding hydrogens is 312 g/mol. The van der Waals surface area contributed by atoms with E-state index >= 15 is 0 Å². The molecule has 2 N–H and O–H groups in total. The lowest BCUT2D eigenvalue weighted by molar-refractivity contribution is -0.141. The Labute approximate surface area is 132 Å². The Morgan fingerprint density at radius 3 is 2.36 bits per heavy atom. The second-order valence-electron chi connectivity index (χ2n) is 4.71. The Bertz CT molecular complexity index is 558. The van der Waals surface area contributed by atoms with Crippen LogP contribution in [0.1, 0.15) is 19.4 Å². The van der Waals surface area contributed by atoms with Crippen LogP contribution in [-0.4, -0.2) is 52.6 Å². The summed E-state index contributed by atoms with van der Waals surface area (Å²) in [5.74, 6) is -1.81. The third kappa shape index (κ3) is 6.45. The molecule has 0 aromatic heterocycles. The molecular formula is C14H17ClN2O5. The first kappa shape index (κ1) is 17.8. The lowest BCUT2D eigenvalue weighted by Gasteiger charge is -2.14. The fourth-order valence-corrected chi connectivity index (χ4v) is 1.78. The first-order chi connectivity index (χ1) is 10.3. The highest BCUT2D eigenvalue weighted by Gasteiger charge is 2.10. The average Bonchev–Trinajstić information content (AvgIpc) is 2.37. The smallest absolute Gasteiger partial charge is 0.324 e. The molecule has 0 aliphatic rings. The van der Waals surface area contributed by atoms with Crippen molar-refractivity contribution in [3.63, 3.8) is 0 Å². The average molecular weight is 329 g/mol. The molecule has 7 nitrogen and oxygen atoms in total. The quantitative estimate of drug-likeness (QED) is 0.559. The molecule has 0 heterocycles. The van der Waals surface area contributed by atoms with Crippen molar-refractivity contribution in [2.75, 3.05) is 13.1 Å². The van der Waals surface area contributed by atoms with Crippen LogP contribution in [0.2, 0.25) is 5.02 Å². The van der Waals surface area contributed by atoms with E-state index in [0.29, 0.717) is 16.3 Å². The minimum absolute atomic E-state index is 0.0151. The van der Waals surface area contributed by atoms with Crippen LogP contribution in [0.3, 0.4) is 0 Å². The van der Waals surface area contributed by atoms with E-state index < -0.39 is 25.0 Å². The second kappa shape index (κ2) is 8.23. The fraction of sp³-hybridized carbons (Fsp3) is 0.357. The van der Waals surface area contributed by atoms with E-state index in [9.17, 15) is 9.59 Å². The number of nitrogens with zero attached hydrogens (tertiary/aromatic N) is 2. The lowest BCUT2D eigenvalue weighted by Crippen LogP contribution is -2.30. The van der Waals surface area contributed by atoms with Crippen LogP contribution in [-0.2, 0) is 9.59 Å². The summed E-state index contributed by atoms with van der Waals surface area (Å²) in [6.45, 7) is 2.74. The van der Waals surface area contributed by atoms with Gasteiger partial charge in [0.25, 0.3) is 0 Å². The largest absolute Gasteiger partial charge is 0.489 e. The van der Waals surface area contributed by atoms with Gasteiger partial charge in [-0.25, -0.2) is 0 Å². The summed E-state index contributed by atoms with van der Waals surface area (Å²) in [6, 6.07) is 4.96. The zero-order chi connectivity index (χ0) is 16.7. The maximum Gasteiger partial charge on any atom is 0.324 e. The standard InChI is InChI=1S/C14H17ClN2O5/c1-9(2)22-12-4-3-10(5-11(12)15)6-16-17(7-13(18)19)8-14(20)21/h3-6,9H,7-8H2,1-2H3,(H,18,19)(H,20,21)/b16-6-. The second-order valence-corrected chi connectivity index (χ2v) is 5.12. The molecule has 0 fully saturated rings. The van der Waals surface area contributed by atoms with Gasteiger partial charge < -0.3 is 14.9 Å². The highest BCUT2D eigenvalue weighted by atomic mass is 35.5. The van der Waals surface area contributed by atoms with Crippen LogP contribution in [0.15, 0.2) is 23.3 Å². The van der Waals surface area contributed by atoms with Gasteiger partial charge in [0.1, 0.15) is 18.8 Å². The molecule has 0 aliphatic carbocycles. The molecule has 0 atom stereocenters. The summed E-state index contributed by atoms with van der Waals surface area (Å²) in [7, 11) is 0. The minimum Gasteiger partial charge on any atom is -0.489 e. The van der Waals surface area contributed by atoms with Crippen molar-refractivity contribution in [2.24, 2.45) is 5.10 Å². The summed E-state index contributed by atoms with van der Waals surface area (Å²) in [5, 5.41) is 22.6. The van der Waals surface area contributed by atoms with E-state index in [1.54, 1.807) is 18.2 Å². The van der Waals surface area contributed by atoms with Gasteiger partial charge in [0.2, 0.25) is 0 Å². The van der Waals surface area contributed by atoms with Gasteiger partial charge in [-0.15, -0.1) is 0 Å².